The fourth-order valence-corrected chi connectivity index (χ4v) is 4.28. The van der Waals surface area contributed by atoms with E-state index in [4.69, 9.17) is 31.9 Å². The maximum atomic E-state index is 13.9. The summed E-state index contributed by atoms with van der Waals surface area (Å²) < 4.78 is 54.7. The highest BCUT2D eigenvalue weighted by molar-refractivity contribution is 6.31. The first-order valence-corrected chi connectivity index (χ1v) is 13.6. The van der Waals surface area contributed by atoms with Crippen molar-refractivity contribution in [1.82, 2.24) is 9.55 Å². The van der Waals surface area contributed by atoms with E-state index in [1.807, 2.05) is 0 Å². The van der Waals surface area contributed by atoms with Gasteiger partial charge in [0.05, 0.1) is 11.9 Å². The third-order valence-corrected chi connectivity index (χ3v) is 6.49. The molecule has 0 aliphatic carbocycles. The number of halogens is 4. The van der Waals surface area contributed by atoms with Crippen LogP contribution in [0.1, 0.15) is 57.5 Å². The van der Waals surface area contributed by atoms with Crippen LogP contribution in [0.25, 0.3) is 5.73 Å². The summed E-state index contributed by atoms with van der Waals surface area (Å²) in [5.74, 6) is -3.59. The Kier molecular flexibility index (Phi) is 11.4. The van der Waals surface area contributed by atoms with Gasteiger partial charge < -0.3 is 30.0 Å². The van der Waals surface area contributed by atoms with E-state index in [2.05, 4.69) is 4.98 Å². The van der Waals surface area contributed by atoms with Gasteiger partial charge in [-0.05, 0) is 30.3 Å². The predicted octanol–water partition coefficient (Wildman–Crippen LogP) is 7.77. The summed E-state index contributed by atoms with van der Waals surface area (Å²) in [5, 5.41) is 18.9. The van der Waals surface area contributed by atoms with E-state index in [0.717, 1.165) is 12.1 Å². The van der Waals surface area contributed by atoms with E-state index in [1.54, 1.807) is 60.1 Å². The number of phenols is 1. The number of ketones is 1. The molecule has 1 aromatic heterocycles. The Balaban J connectivity index is 0.000000502. The number of alkyl halides is 3. The summed E-state index contributed by atoms with van der Waals surface area (Å²) in [6.07, 6.45) is -2.99. The number of carbonyl (C=O) groups is 2. The van der Waals surface area contributed by atoms with Crippen LogP contribution >= 0.6 is 11.6 Å². The van der Waals surface area contributed by atoms with Gasteiger partial charge in [-0.15, -0.1) is 6.54 Å². The SMILES string of the molecule is CC(C)C(=O)c1ccc(OCC(Oc2ccccc2)c2ccc(C[NH-])cc2Cl)c(C(F)(F)F)c1O.Cn1cnc(C(=O)O)c1. The Morgan fingerprint density at radius 2 is 1.77 bits per heavy atom. The third kappa shape index (κ3) is 8.74. The number of imidazole rings is 1. The fraction of sp³-hybridized carbons (Fsp3) is 0.258. The molecule has 1 atom stereocenters. The molecule has 0 radical (unpaired) electrons. The first-order chi connectivity index (χ1) is 20.7. The molecule has 1 heterocycles. The number of aryl methyl sites for hydroxylation is 1. The Hall–Kier alpha value is -4.55. The molecular formula is C31H30ClF3N3O6-. The number of hydrogen-bond acceptors (Lipinski definition) is 6. The van der Waals surface area contributed by atoms with Gasteiger partial charge in [-0.25, -0.2) is 9.78 Å². The smallest absolute Gasteiger partial charge is 0.423 e. The lowest BCUT2D eigenvalue weighted by Crippen LogP contribution is -2.19. The quantitative estimate of drug-likeness (QED) is 0.171. The second-order valence-corrected chi connectivity index (χ2v) is 10.3. The van der Waals surface area contributed by atoms with Crippen molar-refractivity contribution in [2.45, 2.75) is 32.7 Å². The molecule has 0 saturated heterocycles. The van der Waals surface area contributed by atoms with Crippen LogP contribution < -0.4 is 9.47 Å². The molecule has 0 bridgehead atoms. The molecule has 3 aromatic carbocycles. The average molecular weight is 633 g/mol. The van der Waals surface area contributed by atoms with E-state index < -0.39 is 52.6 Å². The normalized spacial score (nSPS) is 11.8. The first kappa shape index (κ1) is 33.9. The lowest BCUT2D eigenvalue weighted by Gasteiger charge is -2.23. The topological polar surface area (TPSA) is 135 Å². The number of para-hydroxylation sites is 1. The highest BCUT2D eigenvalue weighted by Crippen LogP contribution is 2.44. The number of carbonyl (C=O) groups excluding carboxylic acids is 1. The zero-order valence-corrected chi connectivity index (χ0v) is 24.7. The van der Waals surface area contributed by atoms with Crippen molar-refractivity contribution in [2.24, 2.45) is 13.0 Å². The van der Waals surface area contributed by atoms with E-state index in [9.17, 15) is 27.9 Å². The fourth-order valence-electron chi connectivity index (χ4n) is 3.96. The molecule has 44 heavy (non-hydrogen) atoms. The van der Waals surface area contributed by atoms with Gasteiger partial charge >= 0.3 is 12.1 Å². The molecule has 0 aliphatic rings. The van der Waals surface area contributed by atoms with Crippen molar-refractivity contribution in [1.29, 1.82) is 0 Å². The molecule has 0 amide bonds. The van der Waals surface area contributed by atoms with Crippen LogP contribution in [0.4, 0.5) is 13.2 Å². The number of benzene rings is 3. The second-order valence-electron chi connectivity index (χ2n) is 9.84. The highest BCUT2D eigenvalue weighted by atomic mass is 35.5. The van der Waals surface area contributed by atoms with E-state index >= 15 is 0 Å². The molecule has 0 fully saturated rings. The summed E-state index contributed by atoms with van der Waals surface area (Å²) >= 11 is 6.39. The lowest BCUT2D eigenvalue weighted by molar-refractivity contribution is -0.140. The van der Waals surface area contributed by atoms with Crippen LogP contribution in [0.15, 0.2) is 73.2 Å². The number of nitrogens with zero attached hydrogens (tertiary/aromatic N) is 2. The van der Waals surface area contributed by atoms with Crippen molar-refractivity contribution in [3.8, 4) is 17.2 Å². The molecule has 0 spiro atoms. The highest BCUT2D eigenvalue weighted by Gasteiger charge is 2.40. The standard InChI is InChI=1S/C26H24ClF3NO4.C5H6N2O2/c1-15(2)24(32)19-10-11-21(23(25(19)33)26(28,29)30)34-14-22(35-17-6-4-3-5-7-17)18-9-8-16(13-31)12-20(18)27;1-7-2-4(5(8)9)6-3-7/h3-12,15,22,31,33H,13-14H2,1-2H3;2-3H,1H3,(H,8,9)/q-1;. The van der Waals surface area contributed by atoms with E-state index in [1.165, 1.54) is 26.4 Å². The van der Waals surface area contributed by atoms with Crippen LogP contribution in [0.5, 0.6) is 17.2 Å². The zero-order valence-electron chi connectivity index (χ0n) is 23.9. The predicted molar refractivity (Wildman–Crippen MR) is 157 cm³/mol. The van der Waals surface area contributed by atoms with Crippen molar-refractivity contribution < 1.29 is 42.4 Å². The Morgan fingerprint density at radius 3 is 2.27 bits per heavy atom. The minimum Gasteiger partial charge on any atom is -0.674 e. The Morgan fingerprint density at radius 1 is 1.09 bits per heavy atom. The number of phenolic OH excluding ortho intramolecular Hbond substituents is 1. The summed E-state index contributed by atoms with van der Waals surface area (Å²) in [6, 6.07) is 15.6. The molecule has 3 N–H and O–H groups in total. The largest absolute Gasteiger partial charge is 0.674 e. The Labute approximate surface area is 256 Å². The first-order valence-electron chi connectivity index (χ1n) is 13.2. The van der Waals surface area contributed by atoms with Gasteiger partial charge in [0.25, 0.3) is 0 Å². The van der Waals surface area contributed by atoms with Gasteiger partial charge in [-0.2, -0.15) is 13.2 Å². The van der Waals surface area contributed by atoms with Crippen LogP contribution in [-0.4, -0.2) is 38.1 Å². The maximum Gasteiger partial charge on any atom is 0.423 e. The number of Topliss-reactive ketones (excluding diaryl/α,β-unsaturated/α-hetero) is 1. The number of aromatic carboxylic acids is 1. The summed E-state index contributed by atoms with van der Waals surface area (Å²) in [4.78, 5) is 26.0. The molecule has 0 aliphatic heterocycles. The number of rotatable bonds is 10. The number of aromatic hydroxyl groups is 1. The molecular weight excluding hydrogens is 603 g/mol. The van der Waals surface area contributed by atoms with Gasteiger partial charge in [-0.1, -0.05) is 61.3 Å². The Bertz CT molecular complexity index is 1590. The van der Waals surface area contributed by atoms with E-state index in [-0.39, 0.29) is 23.9 Å². The molecule has 234 valence electrons. The second kappa shape index (κ2) is 14.8. The molecule has 4 aromatic rings. The average Bonchev–Trinajstić information content (AvgIpc) is 3.41. The number of hydrogen-bond donors (Lipinski definition) is 2. The van der Waals surface area contributed by atoms with Gasteiger partial charge in [0.2, 0.25) is 0 Å². The van der Waals surface area contributed by atoms with Crippen LogP contribution in [0, 0.1) is 5.92 Å². The number of carboxylic acids is 1. The molecule has 0 saturated carbocycles. The van der Waals surface area contributed by atoms with Gasteiger partial charge in [0.1, 0.15) is 29.4 Å². The molecule has 4 rings (SSSR count). The van der Waals surface area contributed by atoms with Crippen LogP contribution in [0.3, 0.4) is 0 Å². The van der Waals surface area contributed by atoms with Gasteiger partial charge in [0, 0.05) is 29.7 Å². The zero-order chi connectivity index (χ0) is 32.6. The lowest BCUT2D eigenvalue weighted by atomic mass is 9.97. The van der Waals surface area contributed by atoms with Crippen molar-refractivity contribution >= 4 is 23.4 Å². The molecule has 1 unspecified atom stereocenters. The van der Waals surface area contributed by atoms with Crippen LogP contribution in [-0.2, 0) is 19.8 Å². The number of carboxylic acid groups (broad SMARTS) is 1. The minimum atomic E-state index is -4.98. The van der Waals surface area contributed by atoms with Crippen molar-refractivity contribution in [3.63, 3.8) is 0 Å². The summed E-state index contributed by atoms with van der Waals surface area (Å²) in [7, 11) is 1.72. The van der Waals surface area contributed by atoms with Crippen molar-refractivity contribution in [3.05, 3.63) is 112 Å². The van der Waals surface area contributed by atoms with Crippen LogP contribution in [0.2, 0.25) is 5.02 Å². The summed E-state index contributed by atoms with van der Waals surface area (Å²) in [5.41, 5.74) is 6.84. The number of aromatic nitrogens is 2. The minimum absolute atomic E-state index is 0.0103. The van der Waals surface area contributed by atoms with Gasteiger partial charge in [0.15, 0.2) is 17.6 Å². The number of nitrogens with one attached hydrogen (secondary N) is 1. The van der Waals surface area contributed by atoms with Crippen molar-refractivity contribution in [2.75, 3.05) is 6.61 Å². The maximum absolute atomic E-state index is 13.9. The monoisotopic (exact) mass is 632 g/mol. The number of ether oxygens (including phenoxy) is 2. The van der Waals surface area contributed by atoms with E-state index in [0.29, 0.717) is 16.9 Å². The molecule has 9 nitrogen and oxygen atoms in total. The summed E-state index contributed by atoms with van der Waals surface area (Å²) in [6.45, 7) is 2.69. The van der Waals surface area contributed by atoms with Gasteiger partial charge in [-0.3, -0.25) is 4.79 Å². The third-order valence-electron chi connectivity index (χ3n) is 6.16. The molecule has 13 heteroatoms.